The molecule has 2 aromatic rings. The number of nitrogens with zero attached hydrogens (tertiary/aromatic N) is 3. The van der Waals surface area contributed by atoms with Crippen LogP contribution in [0.5, 0.6) is 0 Å². The quantitative estimate of drug-likeness (QED) is 0.832. The molecule has 0 unspecified atom stereocenters. The summed E-state index contributed by atoms with van der Waals surface area (Å²) in [5.41, 5.74) is 2.58. The zero-order valence-corrected chi connectivity index (χ0v) is 15.9. The average molecular weight is 354 g/mol. The van der Waals surface area contributed by atoms with Crippen molar-refractivity contribution in [2.24, 2.45) is 12.5 Å². The van der Waals surface area contributed by atoms with Gasteiger partial charge in [0, 0.05) is 26.3 Å². The van der Waals surface area contributed by atoms with Crippen molar-refractivity contribution in [3.05, 3.63) is 53.9 Å². The molecule has 1 amide bonds. The van der Waals surface area contributed by atoms with Gasteiger partial charge in [-0.3, -0.25) is 14.4 Å². The summed E-state index contributed by atoms with van der Waals surface area (Å²) in [5.74, 6) is 0.0949. The van der Waals surface area contributed by atoms with Gasteiger partial charge < -0.3 is 5.32 Å². The summed E-state index contributed by atoms with van der Waals surface area (Å²) in [5, 5.41) is 7.30. The second-order valence-corrected chi connectivity index (χ2v) is 7.59. The van der Waals surface area contributed by atoms with Crippen LogP contribution in [0.2, 0.25) is 0 Å². The van der Waals surface area contributed by atoms with Gasteiger partial charge in [-0.1, -0.05) is 37.3 Å². The summed E-state index contributed by atoms with van der Waals surface area (Å²) in [6, 6.07) is 10.7. The number of rotatable bonds is 7. The van der Waals surface area contributed by atoms with Gasteiger partial charge in [-0.05, 0) is 48.9 Å². The highest BCUT2D eigenvalue weighted by Gasteiger charge is 2.33. The van der Waals surface area contributed by atoms with Crippen molar-refractivity contribution in [2.45, 2.75) is 39.2 Å². The molecular weight excluding hydrogens is 324 g/mol. The second kappa shape index (κ2) is 8.49. The molecular formula is C21H30N4O. The van der Waals surface area contributed by atoms with Crippen molar-refractivity contribution >= 4 is 5.91 Å². The van der Waals surface area contributed by atoms with E-state index in [2.05, 4.69) is 52.6 Å². The van der Waals surface area contributed by atoms with E-state index in [4.69, 9.17) is 0 Å². The molecule has 1 saturated heterocycles. The molecule has 2 heterocycles. The van der Waals surface area contributed by atoms with Crippen molar-refractivity contribution in [1.29, 1.82) is 0 Å². The van der Waals surface area contributed by atoms with E-state index >= 15 is 0 Å². The van der Waals surface area contributed by atoms with E-state index < -0.39 is 0 Å². The van der Waals surface area contributed by atoms with Crippen LogP contribution in [0.1, 0.15) is 37.3 Å². The van der Waals surface area contributed by atoms with Crippen LogP contribution in [0.4, 0.5) is 0 Å². The van der Waals surface area contributed by atoms with Gasteiger partial charge in [0.15, 0.2) is 0 Å². The minimum Gasteiger partial charge on any atom is -0.355 e. The van der Waals surface area contributed by atoms with E-state index in [0.717, 1.165) is 51.0 Å². The molecule has 0 saturated carbocycles. The fourth-order valence-corrected chi connectivity index (χ4v) is 3.78. The predicted octanol–water partition coefficient (Wildman–Crippen LogP) is 2.77. The number of hydrogen-bond donors (Lipinski definition) is 1. The maximum Gasteiger partial charge on any atom is 0.224 e. The SMILES string of the molecule is CCC1(CNC(=O)Cc2cnn(C)c2)CCN(Cc2ccccc2)CC1. The molecule has 0 bridgehead atoms. The third kappa shape index (κ3) is 4.94. The van der Waals surface area contributed by atoms with Crippen LogP contribution >= 0.6 is 0 Å². The lowest BCUT2D eigenvalue weighted by atomic mass is 9.76. The van der Waals surface area contributed by atoms with E-state index in [1.165, 1.54) is 5.56 Å². The lowest BCUT2D eigenvalue weighted by Gasteiger charge is -2.41. The second-order valence-electron chi connectivity index (χ2n) is 7.59. The van der Waals surface area contributed by atoms with Gasteiger partial charge in [-0.15, -0.1) is 0 Å². The Morgan fingerprint density at radius 3 is 2.54 bits per heavy atom. The minimum absolute atomic E-state index is 0.0949. The van der Waals surface area contributed by atoms with Gasteiger partial charge in [0.2, 0.25) is 5.91 Å². The van der Waals surface area contributed by atoms with Crippen LogP contribution in [0, 0.1) is 5.41 Å². The van der Waals surface area contributed by atoms with Crippen LogP contribution in [-0.2, 0) is 24.8 Å². The van der Waals surface area contributed by atoms with Crippen molar-refractivity contribution in [3.8, 4) is 0 Å². The molecule has 0 spiro atoms. The Morgan fingerprint density at radius 2 is 1.92 bits per heavy atom. The fourth-order valence-electron chi connectivity index (χ4n) is 3.78. The van der Waals surface area contributed by atoms with E-state index in [0.29, 0.717) is 6.42 Å². The third-order valence-electron chi connectivity index (χ3n) is 5.70. The highest BCUT2D eigenvalue weighted by molar-refractivity contribution is 5.78. The van der Waals surface area contributed by atoms with Gasteiger partial charge in [0.05, 0.1) is 12.6 Å². The molecule has 1 N–H and O–H groups in total. The molecule has 5 nitrogen and oxygen atoms in total. The lowest BCUT2D eigenvalue weighted by molar-refractivity contribution is -0.121. The van der Waals surface area contributed by atoms with E-state index in [1.54, 1.807) is 10.9 Å². The van der Waals surface area contributed by atoms with Gasteiger partial charge in [0.25, 0.3) is 0 Å². The highest BCUT2D eigenvalue weighted by atomic mass is 16.1. The molecule has 1 fully saturated rings. The first kappa shape index (κ1) is 18.6. The normalized spacial score (nSPS) is 17.2. The smallest absolute Gasteiger partial charge is 0.224 e. The summed E-state index contributed by atoms with van der Waals surface area (Å²) in [6.07, 6.45) is 7.47. The summed E-state index contributed by atoms with van der Waals surface area (Å²) < 4.78 is 1.73. The van der Waals surface area contributed by atoms with Crippen LogP contribution < -0.4 is 5.32 Å². The monoisotopic (exact) mass is 354 g/mol. The number of amides is 1. The topological polar surface area (TPSA) is 50.2 Å². The summed E-state index contributed by atoms with van der Waals surface area (Å²) in [4.78, 5) is 14.8. The maximum atomic E-state index is 12.3. The Hall–Kier alpha value is -2.14. The van der Waals surface area contributed by atoms with Crippen molar-refractivity contribution < 1.29 is 4.79 Å². The Balaban J connectivity index is 1.46. The van der Waals surface area contributed by atoms with Crippen molar-refractivity contribution in [1.82, 2.24) is 20.0 Å². The number of likely N-dealkylation sites (tertiary alicyclic amines) is 1. The summed E-state index contributed by atoms with van der Waals surface area (Å²) in [7, 11) is 1.87. The van der Waals surface area contributed by atoms with Crippen molar-refractivity contribution in [3.63, 3.8) is 0 Å². The molecule has 1 aromatic carbocycles. The van der Waals surface area contributed by atoms with Crippen LogP contribution in [0.15, 0.2) is 42.7 Å². The first-order chi connectivity index (χ1) is 12.6. The minimum atomic E-state index is 0.0949. The van der Waals surface area contributed by atoms with Crippen LogP contribution in [0.25, 0.3) is 0 Å². The molecule has 3 rings (SSSR count). The van der Waals surface area contributed by atoms with Crippen LogP contribution in [0.3, 0.4) is 0 Å². The number of hydrogen-bond acceptors (Lipinski definition) is 3. The molecule has 1 aliphatic rings. The van der Waals surface area contributed by atoms with E-state index in [-0.39, 0.29) is 11.3 Å². The molecule has 26 heavy (non-hydrogen) atoms. The third-order valence-corrected chi connectivity index (χ3v) is 5.70. The van der Waals surface area contributed by atoms with Crippen molar-refractivity contribution in [2.75, 3.05) is 19.6 Å². The molecule has 1 aromatic heterocycles. The Kier molecular flexibility index (Phi) is 6.09. The predicted molar refractivity (Wildman–Crippen MR) is 104 cm³/mol. The maximum absolute atomic E-state index is 12.3. The number of carbonyl (C=O) groups is 1. The molecule has 0 aliphatic carbocycles. The van der Waals surface area contributed by atoms with E-state index in [1.807, 2.05) is 13.2 Å². The molecule has 1 aliphatic heterocycles. The number of piperidine rings is 1. The van der Waals surface area contributed by atoms with Gasteiger partial charge >= 0.3 is 0 Å². The van der Waals surface area contributed by atoms with E-state index in [9.17, 15) is 4.79 Å². The zero-order valence-electron chi connectivity index (χ0n) is 15.9. The fraction of sp³-hybridized carbons (Fsp3) is 0.524. The average Bonchev–Trinajstić information content (AvgIpc) is 3.07. The molecule has 0 radical (unpaired) electrons. The first-order valence-electron chi connectivity index (χ1n) is 9.59. The number of benzene rings is 1. The van der Waals surface area contributed by atoms with Gasteiger partial charge in [-0.2, -0.15) is 5.10 Å². The molecule has 0 atom stereocenters. The summed E-state index contributed by atoms with van der Waals surface area (Å²) in [6.45, 7) is 6.25. The number of aryl methyl sites for hydroxylation is 1. The lowest BCUT2D eigenvalue weighted by Crippen LogP contribution is -2.46. The van der Waals surface area contributed by atoms with Gasteiger partial charge in [-0.25, -0.2) is 0 Å². The summed E-state index contributed by atoms with van der Waals surface area (Å²) >= 11 is 0. The molecule has 140 valence electrons. The number of carbonyl (C=O) groups excluding carboxylic acids is 1. The molecule has 5 heteroatoms. The largest absolute Gasteiger partial charge is 0.355 e. The number of aromatic nitrogens is 2. The zero-order chi connectivity index (χ0) is 18.4. The Morgan fingerprint density at radius 1 is 1.19 bits per heavy atom. The van der Waals surface area contributed by atoms with Gasteiger partial charge in [0.1, 0.15) is 0 Å². The Labute approximate surface area is 156 Å². The standard InChI is InChI=1S/C21H30N4O/c1-3-21(17-22-20(26)13-19-14-23-24(2)15-19)9-11-25(12-10-21)16-18-7-5-4-6-8-18/h4-8,14-15H,3,9-13,16-17H2,1-2H3,(H,22,26). The van der Waals surface area contributed by atoms with Crippen LogP contribution in [-0.4, -0.2) is 40.2 Å². The number of nitrogens with one attached hydrogen (secondary N) is 1. The first-order valence-corrected chi connectivity index (χ1v) is 9.59. The highest BCUT2D eigenvalue weighted by Crippen LogP contribution is 2.34. The Bertz CT molecular complexity index is 702.